The van der Waals surface area contributed by atoms with Gasteiger partial charge in [-0.15, -0.1) is 0 Å². The summed E-state index contributed by atoms with van der Waals surface area (Å²) in [6, 6.07) is 2.51. The minimum absolute atomic E-state index is 0.463. The van der Waals surface area contributed by atoms with E-state index in [2.05, 4.69) is 36.8 Å². The van der Waals surface area contributed by atoms with E-state index in [0.717, 1.165) is 42.7 Å². The Hall–Kier alpha value is -2.28. The van der Waals surface area contributed by atoms with Gasteiger partial charge in [-0.1, -0.05) is 0 Å². The molecule has 0 N–H and O–H groups in total. The fraction of sp³-hybridized carbons (Fsp3) is 0.556. The Morgan fingerprint density at radius 3 is 2.56 bits per heavy atom. The number of aryl methyl sites for hydroxylation is 1. The molecule has 1 atom stereocenters. The lowest BCUT2D eigenvalue weighted by Gasteiger charge is -2.38. The summed E-state index contributed by atoms with van der Waals surface area (Å²) >= 11 is 0. The average molecular weight is 341 g/mol. The molecule has 2 aromatic heterocycles. The van der Waals surface area contributed by atoms with Crippen LogP contribution in [-0.2, 0) is 6.54 Å². The van der Waals surface area contributed by atoms with Crippen LogP contribution in [0.25, 0.3) is 0 Å². The highest BCUT2D eigenvalue weighted by Gasteiger charge is 2.24. The Bertz CT molecular complexity index is 686. The number of likely N-dealkylation sites (N-methyl/N-ethyl adjacent to an activating group) is 1. The first-order chi connectivity index (χ1) is 12.0. The standard InChI is InChI=1S/C18H27N7/c1-14-8-17(22-13-21-14)24(4)16-6-5-7-25(12-16)11-15-9-19-18(20-10-15)23(2)3/h8-10,13,16H,5-7,11-12H2,1-4H3. The third kappa shape index (κ3) is 4.42. The van der Waals surface area contributed by atoms with Crippen LogP contribution in [0.3, 0.4) is 0 Å². The van der Waals surface area contributed by atoms with Crippen molar-refractivity contribution in [1.29, 1.82) is 0 Å². The van der Waals surface area contributed by atoms with Gasteiger partial charge in [0.05, 0.1) is 0 Å². The molecule has 0 aliphatic carbocycles. The number of hydrogen-bond acceptors (Lipinski definition) is 7. The maximum absolute atomic E-state index is 4.42. The summed E-state index contributed by atoms with van der Waals surface area (Å²) in [6.45, 7) is 5.03. The molecule has 1 aliphatic rings. The lowest BCUT2D eigenvalue weighted by atomic mass is 10.0. The van der Waals surface area contributed by atoms with Gasteiger partial charge in [0.25, 0.3) is 0 Å². The van der Waals surface area contributed by atoms with Gasteiger partial charge in [0.2, 0.25) is 5.95 Å². The van der Waals surface area contributed by atoms with Crippen molar-refractivity contribution in [3.8, 4) is 0 Å². The van der Waals surface area contributed by atoms with Crippen LogP contribution >= 0.6 is 0 Å². The van der Waals surface area contributed by atoms with E-state index in [1.54, 1.807) is 6.33 Å². The molecule has 7 heteroatoms. The molecular weight excluding hydrogens is 314 g/mol. The Labute approximate surface area is 149 Å². The highest BCUT2D eigenvalue weighted by molar-refractivity contribution is 5.39. The van der Waals surface area contributed by atoms with Gasteiger partial charge in [-0.3, -0.25) is 4.90 Å². The minimum Gasteiger partial charge on any atom is -0.355 e. The van der Waals surface area contributed by atoms with Crippen LogP contribution in [0.1, 0.15) is 24.1 Å². The van der Waals surface area contributed by atoms with E-state index in [-0.39, 0.29) is 0 Å². The summed E-state index contributed by atoms with van der Waals surface area (Å²) in [5, 5.41) is 0. The number of piperidine rings is 1. The second-order valence-corrected chi connectivity index (χ2v) is 6.95. The molecule has 0 aromatic carbocycles. The van der Waals surface area contributed by atoms with Gasteiger partial charge < -0.3 is 9.80 Å². The largest absolute Gasteiger partial charge is 0.355 e. The van der Waals surface area contributed by atoms with Crippen molar-refractivity contribution in [3.63, 3.8) is 0 Å². The molecule has 1 unspecified atom stereocenters. The van der Waals surface area contributed by atoms with Crippen molar-refractivity contribution in [2.24, 2.45) is 0 Å². The van der Waals surface area contributed by atoms with Crippen molar-refractivity contribution in [1.82, 2.24) is 24.8 Å². The van der Waals surface area contributed by atoms with Crippen molar-refractivity contribution in [2.45, 2.75) is 32.4 Å². The van der Waals surface area contributed by atoms with Crippen molar-refractivity contribution < 1.29 is 0 Å². The summed E-state index contributed by atoms with van der Waals surface area (Å²) in [5.41, 5.74) is 2.16. The predicted molar refractivity (Wildman–Crippen MR) is 99.8 cm³/mol. The van der Waals surface area contributed by atoms with Gasteiger partial charge in [0.15, 0.2) is 0 Å². The summed E-state index contributed by atoms with van der Waals surface area (Å²) < 4.78 is 0. The number of likely N-dealkylation sites (tertiary alicyclic amines) is 1. The van der Waals surface area contributed by atoms with E-state index >= 15 is 0 Å². The molecule has 0 bridgehead atoms. The zero-order valence-electron chi connectivity index (χ0n) is 15.6. The minimum atomic E-state index is 0.463. The lowest BCUT2D eigenvalue weighted by Crippen LogP contribution is -2.46. The number of anilines is 2. The molecule has 0 radical (unpaired) electrons. The van der Waals surface area contributed by atoms with Crippen LogP contribution in [0.15, 0.2) is 24.8 Å². The molecule has 1 saturated heterocycles. The van der Waals surface area contributed by atoms with Crippen LogP contribution in [0.2, 0.25) is 0 Å². The Kier molecular flexibility index (Phi) is 5.43. The third-order valence-corrected chi connectivity index (χ3v) is 4.68. The van der Waals surface area contributed by atoms with Gasteiger partial charge in [0, 0.05) is 70.0 Å². The highest BCUT2D eigenvalue weighted by atomic mass is 15.3. The highest BCUT2D eigenvalue weighted by Crippen LogP contribution is 2.21. The molecule has 7 nitrogen and oxygen atoms in total. The van der Waals surface area contributed by atoms with E-state index < -0.39 is 0 Å². The van der Waals surface area contributed by atoms with E-state index in [1.807, 2.05) is 44.4 Å². The SMILES string of the molecule is Cc1cc(N(C)C2CCCN(Cc3cnc(N(C)C)nc3)C2)ncn1. The molecule has 0 saturated carbocycles. The second-order valence-electron chi connectivity index (χ2n) is 6.95. The monoisotopic (exact) mass is 341 g/mol. The lowest BCUT2D eigenvalue weighted by molar-refractivity contribution is 0.198. The zero-order valence-corrected chi connectivity index (χ0v) is 15.6. The second kappa shape index (κ2) is 7.74. The van der Waals surface area contributed by atoms with E-state index in [0.29, 0.717) is 6.04 Å². The average Bonchev–Trinajstić information content (AvgIpc) is 2.62. The molecule has 0 amide bonds. The third-order valence-electron chi connectivity index (χ3n) is 4.68. The quantitative estimate of drug-likeness (QED) is 0.821. The van der Waals surface area contributed by atoms with Gasteiger partial charge in [0.1, 0.15) is 12.1 Å². The van der Waals surface area contributed by atoms with Crippen molar-refractivity contribution >= 4 is 11.8 Å². The van der Waals surface area contributed by atoms with E-state index in [1.165, 1.54) is 12.8 Å². The predicted octanol–water partition coefficient (Wildman–Crippen LogP) is 1.74. The van der Waals surface area contributed by atoms with E-state index in [9.17, 15) is 0 Å². The first-order valence-corrected chi connectivity index (χ1v) is 8.75. The molecular formula is C18H27N7. The maximum atomic E-state index is 4.42. The van der Waals surface area contributed by atoms with Crippen molar-refractivity contribution in [3.05, 3.63) is 36.0 Å². The Morgan fingerprint density at radius 1 is 1.12 bits per heavy atom. The van der Waals surface area contributed by atoms with Crippen molar-refractivity contribution in [2.75, 3.05) is 44.0 Å². The van der Waals surface area contributed by atoms with Crippen LogP contribution in [0.5, 0.6) is 0 Å². The number of aromatic nitrogens is 4. The molecule has 2 aromatic rings. The zero-order chi connectivity index (χ0) is 17.8. The van der Waals surface area contributed by atoms with Gasteiger partial charge in [-0.25, -0.2) is 19.9 Å². The Morgan fingerprint density at radius 2 is 1.88 bits per heavy atom. The first-order valence-electron chi connectivity index (χ1n) is 8.75. The Balaban J connectivity index is 1.62. The molecule has 1 aliphatic heterocycles. The smallest absolute Gasteiger partial charge is 0.224 e. The maximum Gasteiger partial charge on any atom is 0.224 e. The van der Waals surface area contributed by atoms with Crippen LogP contribution in [-0.4, -0.2) is 65.1 Å². The molecule has 25 heavy (non-hydrogen) atoms. The van der Waals surface area contributed by atoms with Gasteiger partial charge in [-0.2, -0.15) is 0 Å². The van der Waals surface area contributed by atoms with Gasteiger partial charge >= 0.3 is 0 Å². The molecule has 3 rings (SSSR count). The molecule has 1 fully saturated rings. The van der Waals surface area contributed by atoms with E-state index in [4.69, 9.17) is 0 Å². The summed E-state index contributed by atoms with van der Waals surface area (Å²) in [4.78, 5) is 24.1. The van der Waals surface area contributed by atoms with Crippen LogP contribution < -0.4 is 9.80 Å². The summed E-state index contributed by atoms with van der Waals surface area (Å²) in [5.74, 6) is 1.75. The number of hydrogen-bond donors (Lipinski definition) is 0. The molecule has 0 spiro atoms. The first kappa shape index (κ1) is 17.5. The fourth-order valence-electron chi connectivity index (χ4n) is 3.23. The fourth-order valence-corrected chi connectivity index (χ4v) is 3.23. The molecule has 134 valence electrons. The van der Waals surface area contributed by atoms with Crippen LogP contribution in [0, 0.1) is 6.92 Å². The summed E-state index contributed by atoms with van der Waals surface area (Å²) in [6.07, 6.45) is 7.89. The molecule has 3 heterocycles. The van der Waals surface area contributed by atoms with Gasteiger partial charge in [-0.05, 0) is 26.3 Å². The normalized spacial score (nSPS) is 18.2. The number of rotatable bonds is 5. The topological polar surface area (TPSA) is 61.3 Å². The number of nitrogens with zero attached hydrogens (tertiary/aromatic N) is 7. The van der Waals surface area contributed by atoms with Crippen LogP contribution in [0.4, 0.5) is 11.8 Å². The summed E-state index contributed by atoms with van der Waals surface area (Å²) in [7, 11) is 6.04.